The summed E-state index contributed by atoms with van der Waals surface area (Å²) in [4.78, 5) is 0. The molecule has 0 unspecified atom stereocenters. The molecule has 9 aromatic carbocycles. The predicted molar refractivity (Wildman–Crippen MR) is 257 cm³/mol. The van der Waals surface area contributed by atoms with Gasteiger partial charge in [-0.3, -0.25) is 0 Å². The zero-order valence-electron chi connectivity index (χ0n) is 33.9. The fourth-order valence-corrected chi connectivity index (χ4v) is 9.89. The molecule has 11 aromatic rings. The first kappa shape index (κ1) is 34.7. The summed E-state index contributed by atoms with van der Waals surface area (Å²) >= 11 is 0. The summed E-state index contributed by atoms with van der Waals surface area (Å²) in [5.41, 5.74) is 18.9. The first-order valence-electron chi connectivity index (χ1n) is 21.0. The van der Waals surface area contributed by atoms with Crippen LogP contribution in [0.2, 0.25) is 0 Å². The van der Waals surface area contributed by atoms with Gasteiger partial charge >= 0.3 is 0 Å². The van der Waals surface area contributed by atoms with Gasteiger partial charge in [-0.2, -0.15) is 0 Å². The van der Waals surface area contributed by atoms with Crippen molar-refractivity contribution in [2.45, 2.75) is 26.2 Å². The molecule has 0 bridgehead atoms. The van der Waals surface area contributed by atoms with Gasteiger partial charge in [-0.25, -0.2) is 0 Å². The fraction of sp³-hybridized carbons (Fsp3) is 0.0714. The van der Waals surface area contributed by atoms with E-state index in [9.17, 15) is 0 Å². The molecule has 0 fully saturated rings. The van der Waals surface area contributed by atoms with Crippen LogP contribution in [0.25, 0.3) is 93.6 Å². The van der Waals surface area contributed by atoms with E-state index in [0.29, 0.717) is 0 Å². The van der Waals surface area contributed by atoms with Crippen molar-refractivity contribution >= 4 is 84.1 Å². The highest BCUT2D eigenvalue weighted by Gasteiger charge is 2.31. The molecule has 60 heavy (non-hydrogen) atoms. The average molecular weight is 769 g/mol. The van der Waals surface area contributed by atoms with E-state index in [1.165, 1.54) is 88.1 Å². The molecule has 4 heteroatoms. The number of para-hydroxylation sites is 2. The normalized spacial score (nSPS) is 12.4. The zero-order chi connectivity index (χ0) is 40.1. The number of benzene rings is 9. The standard InChI is InChI=1S/C56H41BN2O/c1-56(2,3)36-26-28-37(29-27-36)58-47-23-13-11-21-41(47)45-31-44(40-20-10-9-18-38(40)34-15-5-4-6-16-34)53-52-39-19-8-7-17-35(39)25-30-48(52)59-49-32-43-42-22-12-14-24-50(42)60-51(43)33-46(49)57-54(45)55(53)59/h4-33,57-58H,1-3H3. The zero-order valence-corrected chi connectivity index (χ0v) is 33.9. The van der Waals surface area contributed by atoms with E-state index in [1.807, 2.05) is 0 Å². The molecule has 1 N–H and O–H groups in total. The van der Waals surface area contributed by atoms with Gasteiger partial charge in [0.05, 0.1) is 5.52 Å². The minimum absolute atomic E-state index is 0.0783. The molecule has 3 nitrogen and oxygen atoms in total. The van der Waals surface area contributed by atoms with Crippen LogP contribution >= 0.6 is 0 Å². The summed E-state index contributed by atoms with van der Waals surface area (Å²) in [5, 5.41) is 11.2. The van der Waals surface area contributed by atoms with E-state index in [2.05, 4.69) is 213 Å². The van der Waals surface area contributed by atoms with Crippen molar-refractivity contribution in [3.63, 3.8) is 0 Å². The Hall–Kier alpha value is -7.30. The molecule has 1 aliphatic rings. The number of fused-ring (bicyclic) bond motifs is 10. The minimum atomic E-state index is 0.0783. The smallest absolute Gasteiger partial charge is 0.198 e. The molecule has 2 aromatic heterocycles. The van der Waals surface area contributed by atoms with E-state index in [1.54, 1.807) is 0 Å². The molecule has 0 saturated carbocycles. The van der Waals surface area contributed by atoms with E-state index >= 15 is 0 Å². The topological polar surface area (TPSA) is 30.1 Å². The Balaban J connectivity index is 1.22. The fourth-order valence-electron chi connectivity index (χ4n) is 9.89. The van der Waals surface area contributed by atoms with Gasteiger partial charge in [-0.05, 0) is 104 Å². The third kappa shape index (κ3) is 5.30. The Kier molecular flexibility index (Phi) is 7.58. The monoisotopic (exact) mass is 768 g/mol. The number of nitrogens with zero attached hydrogens (tertiary/aromatic N) is 1. The van der Waals surface area contributed by atoms with Gasteiger partial charge < -0.3 is 14.3 Å². The average Bonchev–Trinajstić information content (AvgIpc) is 3.83. The van der Waals surface area contributed by atoms with Crippen LogP contribution in [0.15, 0.2) is 186 Å². The molecule has 3 heterocycles. The number of furan rings is 1. The molecular weight excluding hydrogens is 727 g/mol. The second kappa shape index (κ2) is 13.1. The van der Waals surface area contributed by atoms with E-state index < -0.39 is 0 Å². The van der Waals surface area contributed by atoms with E-state index in [4.69, 9.17) is 4.42 Å². The maximum atomic E-state index is 6.55. The lowest BCUT2D eigenvalue weighted by Gasteiger charge is -2.25. The van der Waals surface area contributed by atoms with Crippen LogP contribution in [0.4, 0.5) is 11.4 Å². The van der Waals surface area contributed by atoms with Gasteiger partial charge in [0.1, 0.15) is 11.2 Å². The molecule has 12 rings (SSSR count). The molecule has 0 spiro atoms. The van der Waals surface area contributed by atoms with E-state index in [-0.39, 0.29) is 5.41 Å². The van der Waals surface area contributed by atoms with Crippen molar-refractivity contribution in [3.8, 4) is 39.1 Å². The van der Waals surface area contributed by atoms with Gasteiger partial charge in [-0.1, -0.05) is 160 Å². The van der Waals surface area contributed by atoms with E-state index in [0.717, 1.165) is 40.6 Å². The van der Waals surface area contributed by atoms with Crippen LogP contribution in [-0.4, -0.2) is 11.8 Å². The Morgan fingerprint density at radius 2 is 1.22 bits per heavy atom. The number of anilines is 2. The lowest BCUT2D eigenvalue weighted by atomic mass is 9.58. The van der Waals surface area contributed by atoms with Crippen molar-refractivity contribution in [2.24, 2.45) is 0 Å². The lowest BCUT2D eigenvalue weighted by molar-refractivity contribution is 0.590. The second-order valence-corrected chi connectivity index (χ2v) is 17.4. The summed E-state index contributed by atoms with van der Waals surface area (Å²) < 4.78 is 9.12. The lowest BCUT2D eigenvalue weighted by Crippen LogP contribution is -2.37. The van der Waals surface area contributed by atoms with Gasteiger partial charge in [-0.15, -0.1) is 0 Å². The molecular formula is C56H41BN2O. The Bertz CT molecular complexity index is 3510. The summed E-state index contributed by atoms with van der Waals surface area (Å²) in [6.07, 6.45) is 0. The number of hydrogen-bond donors (Lipinski definition) is 1. The Morgan fingerprint density at radius 1 is 0.517 bits per heavy atom. The summed E-state index contributed by atoms with van der Waals surface area (Å²) in [6, 6.07) is 66.7. The van der Waals surface area contributed by atoms with Crippen LogP contribution < -0.4 is 16.2 Å². The Morgan fingerprint density at radius 3 is 2.03 bits per heavy atom. The highest BCUT2D eigenvalue weighted by Crippen LogP contribution is 2.47. The first-order chi connectivity index (χ1) is 29.4. The van der Waals surface area contributed by atoms with Crippen molar-refractivity contribution in [3.05, 3.63) is 188 Å². The number of rotatable bonds is 5. The number of nitrogens with one attached hydrogen (secondary N) is 1. The third-order valence-corrected chi connectivity index (χ3v) is 12.8. The van der Waals surface area contributed by atoms with Crippen molar-refractivity contribution in [2.75, 3.05) is 5.32 Å². The highest BCUT2D eigenvalue weighted by atomic mass is 16.3. The predicted octanol–water partition coefficient (Wildman–Crippen LogP) is 13.6. The van der Waals surface area contributed by atoms with Gasteiger partial charge in [0.2, 0.25) is 0 Å². The Labute approximate surface area is 349 Å². The summed E-state index contributed by atoms with van der Waals surface area (Å²) in [5.74, 6) is 0. The maximum Gasteiger partial charge on any atom is 0.198 e. The van der Waals surface area contributed by atoms with Crippen LogP contribution in [-0.2, 0) is 5.41 Å². The molecule has 1 aliphatic heterocycles. The van der Waals surface area contributed by atoms with Crippen LogP contribution in [0.3, 0.4) is 0 Å². The highest BCUT2D eigenvalue weighted by molar-refractivity contribution is 6.74. The minimum Gasteiger partial charge on any atom is -0.456 e. The molecule has 0 amide bonds. The van der Waals surface area contributed by atoms with Gasteiger partial charge in [0, 0.05) is 49.7 Å². The van der Waals surface area contributed by atoms with Crippen LogP contribution in [0.5, 0.6) is 0 Å². The SMILES string of the molecule is CC(C)(C)c1ccc(Nc2ccccc2-c2cc(-c3ccccc3-c3ccccc3)c3c4c5ccccc5ccc4n4c3c2Bc2cc3oc5ccccc5c3cc2-4)cc1. The summed E-state index contributed by atoms with van der Waals surface area (Å²) in [6.45, 7) is 6.79. The molecule has 0 aliphatic carbocycles. The van der Waals surface area contributed by atoms with Crippen molar-refractivity contribution in [1.29, 1.82) is 0 Å². The third-order valence-electron chi connectivity index (χ3n) is 12.8. The van der Waals surface area contributed by atoms with Crippen LogP contribution in [0.1, 0.15) is 26.3 Å². The first-order valence-corrected chi connectivity index (χ1v) is 21.0. The van der Waals surface area contributed by atoms with Crippen molar-refractivity contribution in [1.82, 2.24) is 4.57 Å². The quantitative estimate of drug-likeness (QED) is 0.177. The number of aromatic nitrogens is 1. The molecule has 0 radical (unpaired) electrons. The molecule has 0 saturated heterocycles. The van der Waals surface area contributed by atoms with Gasteiger partial charge in [0.15, 0.2) is 7.28 Å². The van der Waals surface area contributed by atoms with Crippen molar-refractivity contribution < 1.29 is 4.42 Å². The second-order valence-electron chi connectivity index (χ2n) is 17.4. The maximum absolute atomic E-state index is 6.55. The number of hydrogen-bond acceptors (Lipinski definition) is 2. The van der Waals surface area contributed by atoms with Crippen LogP contribution in [0, 0.1) is 0 Å². The van der Waals surface area contributed by atoms with Gasteiger partial charge in [0.25, 0.3) is 0 Å². The molecule has 0 atom stereocenters. The largest absolute Gasteiger partial charge is 0.456 e. The molecule has 284 valence electrons. The summed E-state index contributed by atoms with van der Waals surface area (Å²) in [7, 11) is 0.762.